The number of halogens is 2. The Morgan fingerprint density at radius 3 is 2.92 bits per heavy atom. The van der Waals surface area contributed by atoms with Crippen LogP contribution in [-0.2, 0) is 19.6 Å². The normalized spacial score (nSPS) is 20.3. The van der Waals surface area contributed by atoms with Gasteiger partial charge in [-0.3, -0.25) is 9.69 Å². The van der Waals surface area contributed by atoms with Crippen molar-refractivity contribution in [2.45, 2.75) is 76.4 Å². The van der Waals surface area contributed by atoms with E-state index in [1.165, 1.54) is 6.39 Å². The predicted molar refractivity (Wildman–Crippen MR) is 146 cm³/mol. The molecule has 1 aliphatic carbocycles. The highest BCUT2D eigenvalue weighted by Gasteiger charge is 2.24. The summed E-state index contributed by atoms with van der Waals surface area (Å²) < 4.78 is 24.4. The van der Waals surface area contributed by atoms with Gasteiger partial charge in [-0.15, -0.1) is 0 Å². The maximum atomic E-state index is 13.4. The van der Waals surface area contributed by atoms with Crippen molar-refractivity contribution >= 4 is 23.2 Å². The van der Waals surface area contributed by atoms with Crippen LogP contribution in [0.2, 0.25) is 5.02 Å². The molecule has 2 N–H and O–H groups in total. The van der Waals surface area contributed by atoms with Gasteiger partial charge in [-0.25, -0.2) is 14.4 Å². The van der Waals surface area contributed by atoms with Crippen molar-refractivity contribution in [2.24, 2.45) is 0 Å². The summed E-state index contributed by atoms with van der Waals surface area (Å²) in [6, 6.07) is 7.51. The van der Waals surface area contributed by atoms with Gasteiger partial charge in [-0.2, -0.15) is 0 Å². The van der Waals surface area contributed by atoms with Crippen LogP contribution in [0, 0.1) is 0 Å². The minimum atomic E-state index is -0.711. The fourth-order valence-electron chi connectivity index (χ4n) is 5.30. The molecule has 1 aromatic carbocycles. The van der Waals surface area contributed by atoms with Crippen LogP contribution < -0.4 is 10.1 Å². The number of alkyl halides is 1. The number of nitrogens with zero attached hydrogens (tertiary/aromatic N) is 3. The van der Waals surface area contributed by atoms with Gasteiger partial charge in [0.25, 0.3) is 0 Å². The maximum Gasteiger partial charge on any atom is 0.181 e. The highest BCUT2D eigenvalue weighted by Crippen LogP contribution is 2.34. The van der Waals surface area contributed by atoms with Crippen molar-refractivity contribution in [1.29, 1.82) is 0 Å². The van der Waals surface area contributed by atoms with E-state index in [0.717, 1.165) is 36.9 Å². The number of β-amino-alcohol motifs (C(OH)–C–C–N with tert-alkyl or cyclic N) is 1. The number of aromatic nitrogens is 2. The van der Waals surface area contributed by atoms with Crippen molar-refractivity contribution in [3.8, 4) is 5.75 Å². The number of carbonyl (C=O) groups excluding carboxylic acids is 1. The Labute approximate surface area is 232 Å². The SMILES string of the molecule is O=C(CC[C@H](O)CN1CCc2c(ccc(OCc3cnco3)c2Cl)C1)c1ccnc(NC2CCC(F)CC2)c1. The minimum Gasteiger partial charge on any atom is -0.484 e. The molecule has 0 unspecified atom stereocenters. The quantitative estimate of drug-likeness (QED) is 0.304. The molecule has 39 heavy (non-hydrogen) atoms. The standard InChI is InChI=1S/C29H34ClFN4O4/c30-29-25-10-12-35(15-20(25)1-8-27(29)38-17-24-14-32-18-39-24)16-23(36)6-7-26(37)19-9-11-33-28(13-19)34-22-4-2-21(31)3-5-22/h1,8-9,11,13-14,18,21-23,36H,2-7,10,12,15-17H2,(H,33,34)/t21?,22?,23-/m0/s1. The summed E-state index contributed by atoms with van der Waals surface area (Å²) in [4.78, 5) is 23.2. The number of pyridine rings is 1. The second kappa shape index (κ2) is 12.9. The van der Waals surface area contributed by atoms with Crippen molar-refractivity contribution in [3.05, 3.63) is 70.5 Å². The number of rotatable bonds is 11. The summed E-state index contributed by atoms with van der Waals surface area (Å²) in [5.74, 6) is 1.85. The first-order chi connectivity index (χ1) is 18.9. The van der Waals surface area contributed by atoms with E-state index in [2.05, 4.69) is 20.2 Å². The molecule has 2 aliphatic rings. The highest BCUT2D eigenvalue weighted by molar-refractivity contribution is 6.33. The molecular formula is C29H34ClFN4O4. The number of aliphatic hydroxyl groups is 1. The Kier molecular flexibility index (Phi) is 9.11. The molecule has 1 saturated carbocycles. The number of hydrogen-bond donors (Lipinski definition) is 2. The molecule has 0 saturated heterocycles. The number of Topliss-reactive ketones (excluding diaryl/α,β-unsaturated/α-hetero) is 1. The average Bonchev–Trinajstić information content (AvgIpc) is 3.47. The molecule has 5 rings (SSSR count). The number of aliphatic hydroxyl groups excluding tert-OH is 1. The lowest BCUT2D eigenvalue weighted by atomic mass is 9.94. The molecule has 1 aliphatic heterocycles. The van der Waals surface area contributed by atoms with E-state index in [1.54, 1.807) is 24.5 Å². The van der Waals surface area contributed by atoms with Gasteiger partial charge in [-0.05, 0) is 67.9 Å². The molecule has 2 aromatic heterocycles. The molecule has 0 spiro atoms. The van der Waals surface area contributed by atoms with Crippen LogP contribution in [0.1, 0.15) is 65.8 Å². The number of hydrogen-bond acceptors (Lipinski definition) is 8. The molecule has 0 amide bonds. The van der Waals surface area contributed by atoms with Crippen LogP contribution in [-0.4, -0.2) is 57.2 Å². The van der Waals surface area contributed by atoms with Crippen LogP contribution >= 0.6 is 11.6 Å². The predicted octanol–water partition coefficient (Wildman–Crippen LogP) is 5.38. The zero-order valence-electron chi connectivity index (χ0n) is 21.8. The molecule has 3 heterocycles. The monoisotopic (exact) mass is 556 g/mol. The van der Waals surface area contributed by atoms with Gasteiger partial charge < -0.3 is 19.6 Å². The highest BCUT2D eigenvalue weighted by atomic mass is 35.5. The van der Waals surface area contributed by atoms with E-state index in [9.17, 15) is 14.3 Å². The third-order valence-corrected chi connectivity index (χ3v) is 7.91. The van der Waals surface area contributed by atoms with Gasteiger partial charge >= 0.3 is 0 Å². The number of benzene rings is 1. The van der Waals surface area contributed by atoms with Crippen LogP contribution in [0.15, 0.2) is 47.5 Å². The van der Waals surface area contributed by atoms with E-state index in [0.29, 0.717) is 60.3 Å². The summed E-state index contributed by atoms with van der Waals surface area (Å²) in [6.45, 7) is 2.17. The van der Waals surface area contributed by atoms with E-state index in [4.69, 9.17) is 20.8 Å². The molecule has 0 radical (unpaired) electrons. The summed E-state index contributed by atoms with van der Waals surface area (Å²) >= 11 is 6.63. The Balaban J connectivity index is 1.08. The van der Waals surface area contributed by atoms with E-state index < -0.39 is 12.3 Å². The molecule has 3 aromatic rings. The minimum absolute atomic E-state index is 0.0272. The van der Waals surface area contributed by atoms with E-state index in [-0.39, 0.29) is 24.9 Å². The fourth-order valence-corrected chi connectivity index (χ4v) is 5.63. The van der Waals surface area contributed by atoms with Crippen LogP contribution in [0.5, 0.6) is 5.75 Å². The van der Waals surface area contributed by atoms with Gasteiger partial charge in [0.15, 0.2) is 17.9 Å². The first-order valence-electron chi connectivity index (χ1n) is 13.6. The van der Waals surface area contributed by atoms with Gasteiger partial charge in [-0.1, -0.05) is 17.7 Å². The zero-order chi connectivity index (χ0) is 27.2. The Morgan fingerprint density at radius 2 is 2.13 bits per heavy atom. The molecule has 0 bridgehead atoms. The number of ketones is 1. The number of oxazole rings is 1. The third-order valence-electron chi connectivity index (χ3n) is 7.49. The largest absolute Gasteiger partial charge is 0.484 e. The summed E-state index contributed by atoms with van der Waals surface area (Å²) in [6.07, 6.45) is 7.28. The number of fused-ring (bicyclic) bond motifs is 1. The lowest BCUT2D eigenvalue weighted by molar-refractivity contribution is 0.0836. The van der Waals surface area contributed by atoms with Gasteiger partial charge in [0.1, 0.15) is 24.3 Å². The van der Waals surface area contributed by atoms with Gasteiger partial charge in [0.05, 0.1) is 17.3 Å². The first kappa shape index (κ1) is 27.6. The van der Waals surface area contributed by atoms with Crippen LogP contribution in [0.25, 0.3) is 0 Å². The summed E-state index contributed by atoms with van der Waals surface area (Å²) in [5.41, 5.74) is 2.74. The lowest BCUT2D eigenvalue weighted by Gasteiger charge is -2.31. The number of nitrogens with one attached hydrogen (secondary N) is 1. The van der Waals surface area contributed by atoms with Crippen molar-refractivity contribution in [1.82, 2.24) is 14.9 Å². The summed E-state index contributed by atoms with van der Waals surface area (Å²) in [7, 11) is 0. The first-order valence-corrected chi connectivity index (χ1v) is 13.9. The Bertz CT molecular complexity index is 1250. The number of carbonyl (C=O) groups is 1. The lowest BCUT2D eigenvalue weighted by Crippen LogP contribution is -2.37. The molecule has 1 atom stereocenters. The third kappa shape index (κ3) is 7.35. The molecule has 8 nitrogen and oxygen atoms in total. The molecule has 10 heteroatoms. The van der Waals surface area contributed by atoms with Crippen LogP contribution in [0.3, 0.4) is 0 Å². The van der Waals surface area contributed by atoms with Gasteiger partial charge in [0.2, 0.25) is 0 Å². The van der Waals surface area contributed by atoms with Crippen molar-refractivity contribution < 1.29 is 23.4 Å². The second-order valence-electron chi connectivity index (χ2n) is 10.4. The number of anilines is 1. The zero-order valence-corrected chi connectivity index (χ0v) is 22.6. The Morgan fingerprint density at radius 1 is 1.28 bits per heavy atom. The average molecular weight is 557 g/mol. The molecule has 1 fully saturated rings. The number of ether oxygens (including phenoxy) is 1. The fraction of sp³-hybridized carbons (Fsp3) is 0.483. The van der Waals surface area contributed by atoms with E-state index >= 15 is 0 Å². The van der Waals surface area contributed by atoms with Crippen molar-refractivity contribution in [3.63, 3.8) is 0 Å². The topological polar surface area (TPSA) is 101 Å². The molecular weight excluding hydrogens is 523 g/mol. The maximum absolute atomic E-state index is 13.4. The second-order valence-corrected chi connectivity index (χ2v) is 10.8. The van der Waals surface area contributed by atoms with Crippen LogP contribution in [0.4, 0.5) is 10.2 Å². The molecule has 208 valence electrons. The van der Waals surface area contributed by atoms with E-state index in [1.807, 2.05) is 12.1 Å². The van der Waals surface area contributed by atoms with Gasteiger partial charge in [0, 0.05) is 43.9 Å². The Hall–Kier alpha value is -3.01. The smallest absolute Gasteiger partial charge is 0.181 e. The summed E-state index contributed by atoms with van der Waals surface area (Å²) in [5, 5.41) is 14.6. The van der Waals surface area contributed by atoms with Crippen molar-refractivity contribution in [2.75, 3.05) is 18.4 Å².